The molecule has 82 valence electrons. The fourth-order valence-corrected chi connectivity index (χ4v) is 2.60. The van der Waals surface area contributed by atoms with Gasteiger partial charge in [-0.1, -0.05) is 0 Å². The van der Waals surface area contributed by atoms with E-state index in [1.165, 1.54) is 4.31 Å². The summed E-state index contributed by atoms with van der Waals surface area (Å²) in [6, 6.07) is 0. The van der Waals surface area contributed by atoms with Crippen molar-refractivity contribution in [1.29, 1.82) is 0 Å². The molecule has 5 nitrogen and oxygen atoms in total. The number of rotatable bonds is 2. The van der Waals surface area contributed by atoms with Gasteiger partial charge in [0.05, 0.1) is 0 Å². The Balaban J connectivity index is 2.51. The van der Waals surface area contributed by atoms with E-state index >= 15 is 0 Å². The van der Waals surface area contributed by atoms with Crippen molar-refractivity contribution in [1.82, 2.24) is 9.62 Å². The predicted molar refractivity (Wildman–Crippen MR) is 53.1 cm³/mol. The SMILES string of the molecule is CNC(=O)C1CCN(S(=O)(=O)Cl)CC1. The molecule has 0 aromatic rings. The van der Waals surface area contributed by atoms with E-state index in [9.17, 15) is 13.2 Å². The zero-order chi connectivity index (χ0) is 10.8. The van der Waals surface area contributed by atoms with Crippen molar-refractivity contribution in [3.63, 3.8) is 0 Å². The van der Waals surface area contributed by atoms with Gasteiger partial charge in [-0.25, -0.2) is 0 Å². The van der Waals surface area contributed by atoms with Crippen molar-refractivity contribution in [2.75, 3.05) is 20.1 Å². The van der Waals surface area contributed by atoms with Crippen LogP contribution in [-0.4, -0.2) is 38.8 Å². The first-order valence-electron chi connectivity index (χ1n) is 4.36. The number of carbonyl (C=O) groups is 1. The minimum absolute atomic E-state index is 0.0309. The van der Waals surface area contributed by atoms with E-state index in [0.717, 1.165) is 0 Å². The number of hydrogen-bond donors (Lipinski definition) is 1. The van der Waals surface area contributed by atoms with Gasteiger partial charge in [-0.15, -0.1) is 0 Å². The molecule has 0 atom stereocenters. The average Bonchev–Trinajstić information content (AvgIpc) is 2.15. The molecule has 7 heteroatoms. The van der Waals surface area contributed by atoms with Crippen LogP contribution in [0.5, 0.6) is 0 Å². The maximum Gasteiger partial charge on any atom is 0.299 e. The third-order valence-corrected chi connectivity index (χ3v) is 3.95. The first-order chi connectivity index (χ1) is 6.45. The van der Waals surface area contributed by atoms with Gasteiger partial charge in [-0.05, 0) is 12.8 Å². The van der Waals surface area contributed by atoms with Crippen molar-refractivity contribution in [3.8, 4) is 0 Å². The molecule has 0 spiro atoms. The highest BCUT2D eigenvalue weighted by atomic mass is 35.7. The van der Waals surface area contributed by atoms with Crippen LogP contribution in [0.25, 0.3) is 0 Å². The summed E-state index contributed by atoms with van der Waals surface area (Å²) >= 11 is 0. The Kier molecular flexibility index (Phi) is 3.74. The lowest BCUT2D eigenvalue weighted by Crippen LogP contribution is -2.40. The zero-order valence-corrected chi connectivity index (χ0v) is 9.44. The molecule has 0 aromatic carbocycles. The molecule has 0 aromatic heterocycles. The van der Waals surface area contributed by atoms with Crippen LogP contribution in [0.15, 0.2) is 0 Å². The largest absolute Gasteiger partial charge is 0.359 e. The molecule has 0 saturated carbocycles. The van der Waals surface area contributed by atoms with E-state index in [0.29, 0.717) is 25.9 Å². The Morgan fingerprint density at radius 1 is 1.43 bits per heavy atom. The van der Waals surface area contributed by atoms with Crippen LogP contribution in [0.1, 0.15) is 12.8 Å². The van der Waals surface area contributed by atoms with Crippen LogP contribution in [0, 0.1) is 5.92 Å². The average molecular weight is 241 g/mol. The van der Waals surface area contributed by atoms with E-state index in [1.54, 1.807) is 7.05 Å². The van der Waals surface area contributed by atoms with Gasteiger partial charge in [0.15, 0.2) is 0 Å². The Labute approximate surface area is 88.0 Å². The van der Waals surface area contributed by atoms with Gasteiger partial charge in [0.25, 0.3) is 9.24 Å². The van der Waals surface area contributed by atoms with E-state index < -0.39 is 9.24 Å². The summed E-state index contributed by atoms with van der Waals surface area (Å²) in [5.74, 6) is -0.119. The Bertz CT molecular complexity index is 309. The highest BCUT2D eigenvalue weighted by Crippen LogP contribution is 2.20. The first-order valence-corrected chi connectivity index (χ1v) is 6.63. The van der Waals surface area contributed by atoms with Gasteiger partial charge in [0.2, 0.25) is 5.91 Å². The highest BCUT2D eigenvalue weighted by molar-refractivity contribution is 8.11. The third-order valence-electron chi connectivity index (χ3n) is 2.38. The lowest BCUT2D eigenvalue weighted by atomic mass is 9.97. The van der Waals surface area contributed by atoms with Gasteiger partial charge in [-0.3, -0.25) is 4.79 Å². The highest BCUT2D eigenvalue weighted by Gasteiger charge is 2.29. The molecule has 14 heavy (non-hydrogen) atoms. The molecular formula is C7H13ClN2O3S. The molecule has 1 amide bonds. The second-order valence-corrected chi connectivity index (χ2v) is 5.74. The predicted octanol–water partition coefficient (Wildman–Crippen LogP) is -0.0720. The molecule has 0 unspecified atom stereocenters. The maximum absolute atomic E-state index is 11.2. The number of hydrogen-bond acceptors (Lipinski definition) is 3. The summed E-state index contributed by atoms with van der Waals surface area (Å²) in [6.07, 6.45) is 1.07. The molecular weight excluding hydrogens is 228 g/mol. The Hall–Kier alpha value is -0.330. The standard InChI is InChI=1S/C7H13ClN2O3S/c1-9-7(11)6-2-4-10(5-3-6)14(8,12)13/h6H,2-5H2,1H3,(H,9,11). The molecule has 0 aliphatic carbocycles. The maximum atomic E-state index is 11.2. The summed E-state index contributed by atoms with van der Waals surface area (Å²) in [5.41, 5.74) is 0. The topological polar surface area (TPSA) is 66.5 Å². The lowest BCUT2D eigenvalue weighted by Gasteiger charge is -2.27. The van der Waals surface area contributed by atoms with Crippen LogP contribution in [-0.2, 0) is 14.0 Å². The number of piperidine rings is 1. The molecule has 1 N–H and O–H groups in total. The lowest BCUT2D eigenvalue weighted by molar-refractivity contribution is -0.125. The Morgan fingerprint density at radius 2 is 1.93 bits per heavy atom. The minimum atomic E-state index is -3.61. The van der Waals surface area contributed by atoms with Gasteiger partial charge < -0.3 is 5.32 Å². The van der Waals surface area contributed by atoms with Gasteiger partial charge in [0, 0.05) is 36.7 Å². The number of carbonyl (C=O) groups excluding carboxylic acids is 1. The summed E-state index contributed by atoms with van der Waals surface area (Å²) in [4.78, 5) is 11.2. The summed E-state index contributed by atoms with van der Waals surface area (Å²) in [5, 5.41) is 2.55. The van der Waals surface area contributed by atoms with Crippen molar-refractivity contribution >= 4 is 25.8 Å². The van der Waals surface area contributed by atoms with Crippen LogP contribution in [0.4, 0.5) is 0 Å². The number of nitrogens with zero attached hydrogens (tertiary/aromatic N) is 1. The number of halogens is 1. The number of amides is 1. The summed E-state index contributed by atoms with van der Waals surface area (Å²) < 4.78 is 23.0. The van der Waals surface area contributed by atoms with Crippen molar-refractivity contribution in [2.45, 2.75) is 12.8 Å². The summed E-state index contributed by atoms with van der Waals surface area (Å²) in [7, 11) is 3.14. The van der Waals surface area contributed by atoms with E-state index in [1.807, 2.05) is 0 Å². The fraction of sp³-hybridized carbons (Fsp3) is 0.857. The monoisotopic (exact) mass is 240 g/mol. The van der Waals surface area contributed by atoms with Crippen molar-refractivity contribution < 1.29 is 13.2 Å². The third kappa shape index (κ3) is 2.83. The molecule has 1 saturated heterocycles. The van der Waals surface area contributed by atoms with Crippen molar-refractivity contribution in [2.24, 2.45) is 5.92 Å². The van der Waals surface area contributed by atoms with E-state index in [4.69, 9.17) is 10.7 Å². The summed E-state index contributed by atoms with van der Waals surface area (Å²) in [6.45, 7) is 0.647. The molecule has 1 aliphatic rings. The van der Waals surface area contributed by atoms with E-state index in [-0.39, 0.29) is 11.8 Å². The molecule has 1 fully saturated rings. The minimum Gasteiger partial charge on any atom is -0.359 e. The molecule has 1 heterocycles. The zero-order valence-electron chi connectivity index (χ0n) is 7.86. The van der Waals surface area contributed by atoms with Crippen LogP contribution in [0.3, 0.4) is 0 Å². The quantitative estimate of drug-likeness (QED) is 0.687. The molecule has 1 aliphatic heterocycles. The normalized spacial score (nSPS) is 20.7. The van der Waals surface area contributed by atoms with Gasteiger partial charge in [-0.2, -0.15) is 12.7 Å². The number of nitrogens with one attached hydrogen (secondary N) is 1. The Morgan fingerprint density at radius 3 is 2.29 bits per heavy atom. The van der Waals surface area contributed by atoms with Crippen LogP contribution >= 0.6 is 10.7 Å². The molecule has 0 bridgehead atoms. The van der Waals surface area contributed by atoms with Crippen molar-refractivity contribution in [3.05, 3.63) is 0 Å². The smallest absolute Gasteiger partial charge is 0.299 e. The van der Waals surface area contributed by atoms with Gasteiger partial charge in [0.1, 0.15) is 0 Å². The second-order valence-electron chi connectivity index (χ2n) is 3.23. The van der Waals surface area contributed by atoms with E-state index in [2.05, 4.69) is 5.32 Å². The second kappa shape index (κ2) is 4.46. The first kappa shape index (κ1) is 11.7. The van der Waals surface area contributed by atoms with Gasteiger partial charge >= 0.3 is 0 Å². The van der Waals surface area contributed by atoms with Crippen LogP contribution in [0.2, 0.25) is 0 Å². The molecule has 0 radical (unpaired) electrons. The molecule has 1 rings (SSSR count). The van der Waals surface area contributed by atoms with Crippen LogP contribution < -0.4 is 5.32 Å². The fourth-order valence-electron chi connectivity index (χ4n) is 1.54.